The van der Waals surface area contributed by atoms with Crippen molar-refractivity contribution in [2.75, 3.05) is 0 Å². The Kier molecular flexibility index (Phi) is 2.64. The number of nitriles is 1. The van der Waals surface area contributed by atoms with Gasteiger partial charge in [-0.25, -0.2) is 4.98 Å². The summed E-state index contributed by atoms with van der Waals surface area (Å²) in [6.07, 6.45) is 0. The smallest absolute Gasteiger partial charge is 0.255 e. The van der Waals surface area contributed by atoms with Gasteiger partial charge >= 0.3 is 0 Å². The van der Waals surface area contributed by atoms with Crippen LogP contribution in [0.15, 0.2) is 12.1 Å². The zero-order valence-corrected chi connectivity index (χ0v) is 7.23. The fourth-order valence-corrected chi connectivity index (χ4v) is 0.979. The Bertz CT molecular complexity index is 370. The molecule has 1 aromatic rings. The third-order valence-electron chi connectivity index (χ3n) is 1.18. The minimum atomic E-state index is -0.712. The summed E-state index contributed by atoms with van der Waals surface area (Å²) in [5, 5.41) is 7.96. The van der Waals surface area contributed by atoms with E-state index in [1.54, 1.807) is 6.07 Å². The highest BCUT2D eigenvalue weighted by Gasteiger charge is 2.09. The van der Waals surface area contributed by atoms with Crippen LogP contribution in [-0.2, 0) is 0 Å². The van der Waals surface area contributed by atoms with Crippen molar-refractivity contribution in [2.45, 2.75) is 0 Å². The molecule has 0 spiro atoms. The summed E-state index contributed by atoms with van der Waals surface area (Å²) in [5.41, 5.74) is 0.0195. The van der Waals surface area contributed by atoms with Crippen LogP contribution in [0.3, 0.4) is 0 Å². The number of aromatic nitrogens is 1. The van der Waals surface area contributed by atoms with Crippen LogP contribution in [0.4, 0.5) is 0 Å². The highest BCUT2D eigenvalue weighted by molar-refractivity contribution is 6.68. The van der Waals surface area contributed by atoms with E-state index in [1.165, 1.54) is 12.1 Å². The normalized spacial score (nSPS) is 9.08. The van der Waals surface area contributed by atoms with Gasteiger partial charge in [0.25, 0.3) is 5.24 Å². The first-order valence-corrected chi connectivity index (χ1v) is 3.67. The van der Waals surface area contributed by atoms with E-state index < -0.39 is 5.24 Å². The van der Waals surface area contributed by atoms with Gasteiger partial charge in [-0.3, -0.25) is 4.79 Å². The van der Waals surface area contributed by atoms with Gasteiger partial charge in [0, 0.05) is 0 Å². The van der Waals surface area contributed by atoms with Crippen LogP contribution in [0.2, 0.25) is 5.15 Å². The number of nitrogens with zero attached hydrogens (tertiary/aromatic N) is 2. The number of carbonyl (C=O) groups is 1. The van der Waals surface area contributed by atoms with Gasteiger partial charge in [-0.1, -0.05) is 11.6 Å². The van der Waals surface area contributed by atoms with Gasteiger partial charge in [0.05, 0.1) is 5.56 Å². The first-order valence-electron chi connectivity index (χ1n) is 2.91. The molecule has 3 nitrogen and oxygen atoms in total. The molecule has 0 radical (unpaired) electrons. The molecule has 12 heavy (non-hydrogen) atoms. The topological polar surface area (TPSA) is 53.8 Å². The molecule has 1 aromatic heterocycles. The van der Waals surface area contributed by atoms with Crippen LogP contribution < -0.4 is 0 Å². The average Bonchev–Trinajstić information content (AvgIpc) is 2.03. The van der Waals surface area contributed by atoms with Crippen LogP contribution in [-0.4, -0.2) is 10.2 Å². The maximum absolute atomic E-state index is 10.7. The molecule has 0 aliphatic rings. The Hall–Kier alpha value is -1.11. The van der Waals surface area contributed by atoms with Crippen LogP contribution in [0.25, 0.3) is 0 Å². The lowest BCUT2D eigenvalue weighted by Gasteiger charge is -1.95. The largest absolute Gasteiger partial charge is 0.275 e. The van der Waals surface area contributed by atoms with Crippen molar-refractivity contribution in [3.05, 3.63) is 28.5 Å². The van der Waals surface area contributed by atoms with E-state index in [0.717, 1.165) is 0 Å². The molecule has 0 aromatic carbocycles. The maximum Gasteiger partial charge on any atom is 0.255 e. The summed E-state index contributed by atoms with van der Waals surface area (Å²) in [7, 11) is 0. The predicted octanol–water partition coefficient (Wildman–Crippen LogP) is 1.99. The zero-order valence-electron chi connectivity index (χ0n) is 5.71. The first kappa shape index (κ1) is 8.98. The van der Waals surface area contributed by atoms with Crippen LogP contribution in [0.1, 0.15) is 16.1 Å². The van der Waals surface area contributed by atoms with Crippen LogP contribution in [0, 0.1) is 11.3 Å². The fourth-order valence-electron chi connectivity index (χ4n) is 0.679. The molecule has 0 amide bonds. The van der Waals surface area contributed by atoms with Gasteiger partial charge in [0.2, 0.25) is 0 Å². The first-order chi connectivity index (χ1) is 5.65. The molecule has 0 saturated carbocycles. The SMILES string of the molecule is N#Cc1nc(Cl)ccc1C(=O)Cl. The third kappa shape index (κ3) is 1.73. The third-order valence-corrected chi connectivity index (χ3v) is 1.59. The van der Waals surface area contributed by atoms with E-state index in [2.05, 4.69) is 4.98 Å². The predicted molar refractivity (Wildman–Crippen MR) is 44.1 cm³/mol. The van der Waals surface area contributed by atoms with Crippen molar-refractivity contribution in [1.29, 1.82) is 5.26 Å². The second-order valence-corrected chi connectivity index (χ2v) is 2.65. The Morgan fingerprint density at radius 1 is 1.58 bits per heavy atom. The highest BCUT2D eigenvalue weighted by atomic mass is 35.5. The Morgan fingerprint density at radius 2 is 2.25 bits per heavy atom. The molecule has 0 aliphatic heterocycles. The van der Waals surface area contributed by atoms with Crippen molar-refractivity contribution in [3.63, 3.8) is 0 Å². The van der Waals surface area contributed by atoms with E-state index in [-0.39, 0.29) is 16.4 Å². The molecule has 1 rings (SSSR count). The van der Waals surface area contributed by atoms with Gasteiger partial charge in [-0.15, -0.1) is 0 Å². The second kappa shape index (κ2) is 3.53. The van der Waals surface area contributed by atoms with Crippen LogP contribution in [0.5, 0.6) is 0 Å². The van der Waals surface area contributed by atoms with Crippen molar-refractivity contribution in [3.8, 4) is 6.07 Å². The molecule has 5 heteroatoms. The molecular formula is C7H2Cl2N2O. The molecule has 0 unspecified atom stereocenters. The van der Waals surface area contributed by atoms with Gasteiger partial charge in [-0.05, 0) is 23.7 Å². The minimum Gasteiger partial charge on any atom is -0.275 e. The number of pyridine rings is 1. The summed E-state index contributed by atoms with van der Waals surface area (Å²) >= 11 is 10.6. The van der Waals surface area contributed by atoms with Crippen molar-refractivity contribution >= 4 is 28.4 Å². The maximum atomic E-state index is 10.7. The number of halogens is 2. The summed E-state index contributed by atoms with van der Waals surface area (Å²) in [5.74, 6) is 0. The summed E-state index contributed by atoms with van der Waals surface area (Å²) < 4.78 is 0. The fraction of sp³-hybridized carbons (Fsp3) is 0. The molecular weight excluding hydrogens is 199 g/mol. The van der Waals surface area contributed by atoms with Crippen LogP contribution >= 0.6 is 23.2 Å². The van der Waals surface area contributed by atoms with Gasteiger partial charge in [0.1, 0.15) is 11.2 Å². The second-order valence-electron chi connectivity index (χ2n) is 1.92. The van der Waals surface area contributed by atoms with Crippen molar-refractivity contribution in [1.82, 2.24) is 4.98 Å². The molecule has 1 heterocycles. The lowest BCUT2D eigenvalue weighted by molar-refractivity contribution is 0.108. The molecule has 0 N–H and O–H groups in total. The number of hydrogen-bond donors (Lipinski definition) is 0. The number of carbonyl (C=O) groups excluding carboxylic acids is 1. The Morgan fingerprint density at radius 3 is 2.75 bits per heavy atom. The van der Waals surface area contributed by atoms with Gasteiger partial charge < -0.3 is 0 Å². The molecule has 0 atom stereocenters. The van der Waals surface area contributed by atoms with Gasteiger partial charge in [-0.2, -0.15) is 5.26 Å². The van der Waals surface area contributed by atoms with E-state index in [0.29, 0.717) is 0 Å². The zero-order chi connectivity index (χ0) is 9.14. The lowest BCUT2D eigenvalue weighted by atomic mass is 10.2. The average molecular weight is 201 g/mol. The standard InChI is InChI=1S/C7H2Cl2N2O/c8-6-2-1-4(7(9)12)5(3-10)11-6/h1-2H. The molecule has 60 valence electrons. The van der Waals surface area contributed by atoms with E-state index in [1.807, 2.05) is 0 Å². The Labute approximate surface area is 78.5 Å². The van der Waals surface area contributed by atoms with E-state index in [9.17, 15) is 4.79 Å². The minimum absolute atomic E-state index is 0.0532. The van der Waals surface area contributed by atoms with Crippen molar-refractivity contribution in [2.24, 2.45) is 0 Å². The van der Waals surface area contributed by atoms with E-state index >= 15 is 0 Å². The highest BCUT2D eigenvalue weighted by Crippen LogP contribution is 2.12. The molecule has 0 saturated heterocycles. The summed E-state index contributed by atoms with van der Waals surface area (Å²) in [6.45, 7) is 0. The monoisotopic (exact) mass is 200 g/mol. The quantitative estimate of drug-likeness (QED) is 0.515. The molecule has 0 fully saturated rings. The van der Waals surface area contributed by atoms with Crippen molar-refractivity contribution < 1.29 is 4.79 Å². The summed E-state index contributed by atoms with van der Waals surface area (Å²) in [4.78, 5) is 14.3. The number of hydrogen-bond acceptors (Lipinski definition) is 3. The van der Waals surface area contributed by atoms with Gasteiger partial charge in [0.15, 0.2) is 5.69 Å². The lowest BCUT2D eigenvalue weighted by Crippen LogP contribution is -1.96. The Balaban J connectivity index is 3.32. The summed E-state index contributed by atoms with van der Waals surface area (Å²) in [6, 6.07) is 4.48. The molecule has 0 bridgehead atoms. The molecule has 0 aliphatic carbocycles. The van der Waals surface area contributed by atoms with E-state index in [4.69, 9.17) is 28.5 Å². The number of rotatable bonds is 1.